The van der Waals surface area contributed by atoms with E-state index in [4.69, 9.17) is 0 Å². The summed E-state index contributed by atoms with van der Waals surface area (Å²) in [5.41, 5.74) is 2.84. The summed E-state index contributed by atoms with van der Waals surface area (Å²) >= 11 is 0. The first kappa shape index (κ1) is 15.8. The minimum Gasteiger partial charge on any atom is -0.285 e. The zero-order chi connectivity index (χ0) is 15.5. The van der Waals surface area contributed by atoms with Crippen molar-refractivity contribution in [1.29, 1.82) is 0 Å². The van der Waals surface area contributed by atoms with Crippen LogP contribution < -0.4 is 0 Å². The van der Waals surface area contributed by atoms with Crippen LogP contribution in [0.5, 0.6) is 0 Å². The lowest BCUT2D eigenvalue weighted by molar-refractivity contribution is 0.0467. The summed E-state index contributed by atoms with van der Waals surface area (Å²) in [6.45, 7) is 11.5. The van der Waals surface area contributed by atoms with Gasteiger partial charge in [-0.05, 0) is 45.7 Å². The van der Waals surface area contributed by atoms with Gasteiger partial charge < -0.3 is 0 Å². The molecule has 112 valence electrons. The van der Waals surface area contributed by atoms with Crippen LogP contribution in [0.4, 0.5) is 0 Å². The van der Waals surface area contributed by atoms with Crippen LogP contribution in [0.15, 0.2) is 60.7 Å². The Kier molecular flexibility index (Phi) is 4.84. The Hall–Kier alpha value is -1.60. The smallest absolute Gasteiger partial charge is 0.0331 e. The van der Waals surface area contributed by atoms with Gasteiger partial charge in [0, 0.05) is 17.6 Å². The van der Waals surface area contributed by atoms with Crippen LogP contribution in [0.1, 0.15) is 57.8 Å². The van der Waals surface area contributed by atoms with Crippen molar-refractivity contribution in [3.8, 4) is 0 Å². The van der Waals surface area contributed by atoms with Gasteiger partial charge in [-0.2, -0.15) is 0 Å². The van der Waals surface area contributed by atoms with Crippen LogP contribution in [-0.4, -0.2) is 10.4 Å². The molecule has 0 aliphatic carbocycles. The molecule has 0 spiro atoms. The third-order valence-electron chi connectivity index (χ3n) is 4.17. The Morgan fingerprint density at radius 3 is 1.29 bits per heavy atom. The van der Waals surface area contributed by atoms with Gasteiger partial charge in [-0.15, -0.1) is 0 Å². The lowest BCUT2D eigenvalue weighted by atomic mass is 9.93. The van der Waals surface area contributed by atoms with E-state index in [0.717, 1.165) is 0 Å². The largest absolute Gasteiger partial charge is 0.285 e. The standard InChI is InChI=1S/C20H27N/c1-16(18-12-8-6-9-13-18)21(20(3,4)5)17(2)19-14-10-7-11-15-19/h6-17H,1-5H3. The van der Waals surface area contributed by atoms with Crippen molar-refractivity contribution in [2.75, 3.05) is 0 Å². The molecule has 2 atom stereocenters. The van der Waals surface area contributed by atoms with E-state index in [0.29, 0.717) is 12.1 Å². The second kappa shape index (κ2) is 6.44. The first-order chi connectivity index (χ1) is 9.91. The van der Waals surface area contributed by atoms with Gasteiger partial charge in [-0.1, -0.05) is 60.7 Å². The van der Waals surface area contributed by atoms with Gasteiger partial charge in [0.25, 0.3) is 0 Å². The van der Waals surface area contributed by atoms with Gasteiger partial charge in [0.15, 0.2) is 0 Å². The molecule has 0 aliphatic heterocycles. The average Bonchev–Trinajstić information content (AvgIpc) is 2.47. The van der Waals surface area contributed by atoms with Crippen LogP contribution in [0, 0.1) is 0 Å². The fourth-order valence-electron chi connectivity index (χ4n) is 3.28. The van der Waals surface area contributed by atoms with Crippen molar-refractivity contribution in [3.63, 3.8) is 0 Å². The van der Waals surface area contributed by atoms with Crippen molar-refractivity contribution in [2.45, 2.75) is 52.2 Å². The van der Waals surface area contributed by atoms with Crippen LogP contribution >= 0.6 is 0 Å². The van der Waals surface area contributed by atoms with Crippen LogP contribution in [-0.2, 0) is 0 Å². The van der Waals surface area contributed by atoms with E-state index < -0.39 is 0 Å². The summed E-state index contributed by atoms with van der Waals surface area (Å²) in [6.07, 6.45) is 0. The third-order valence-corrected chi connectivity index (χ3v) is 4.17. The molecule has 1 heteroatoms. The summed E-state index contributed by atoms with van der Waals surface area (Å²) in [6, 6.07) is 22.3. The zero-order valence-corrected chi connectivity index (χ0v) is 13.9. The Balaban J connectivity index is 2.36. The topological polar surface area (TPSA) is 3.24 Å². The minimum atomic E-state index is 0.102. The second-order valence-electron chi connectivity index (χ2n) is 6.75. The second-order valence-corrected chi connectivity index (χ2v) is 6.75. The van der Waals surface area contributed by atoms with Crippen molar-refractivity contribution >= 4 is 0 Å². The predicted octanol–water partition coefficient (Wildman–Crippen LogP) is 5.61. The van der Waals surface area contributed by atoms with Gasteiger partial charge in [-0.25, -0.2) is 0 Å². The Morgan fingerprint density at radius 2 is 1.00 bits per heavy atom. The molecule has 2 rings (SSSR count). The Morgan fingerprint density at radius 1 is 0.667 bits per heavy atom. The highest BCUT2D eigenvalue weighted by molar-refractivity contribution is 5.23. The number of hydrogen-bond donors (Lipinski definition) is 0. The molecule has 2 aromatic carbocycles. The lowest BCUT2D eigenvalue weighted by Crippen LogP contribution is -2.44. The summed E-state index contributed by atoms with van der Waals surface area (Å²) in [7, 11) is 0. The van der Waals surface area contributed by atoms with E-state index in [-0.39, 0.29) is 5.54 Å². The van der Waals surface area contributed by atoms with E-state index in [1.165, 1.54) is 11.1 Å². The van der Waals surface area contributed by atoms with E-state index >= 15 is 0 Å². The molecule has 0 amide bonds. The molecule has 0 aliphatic rings. The maximum atomic E-state index is 2.59. The molecule has 0 N–H and O–H groups in total. The van der Waals surface area contributed by atoms with Crippen molar-refractivity contribution in [3.05, 3.63) is 71.8 Å². The van der Waals surface area contributed by atoms with Crippen molar-refractivity contribution < 1.29 is 0 Å². The fraction of sp³-hybridized carbons (Fsp3) is 0.400. The van der Waals surface area contributed by atoms with Gasteiger partial charge in [0.05, 0.1) is 0 Å². The van der Waals surface area contributed by atoms with E-state index in [1.807, 2.05) is 0 Å². The SMILES string of the molecule is CC(c1ccccc1)N(C(C)c1ccccc1)C(C)(C)C. The number of hydrogen-bond acceptors (Lipinski definition) is 1. The predicted molar refractivity (Wildman–Crippen MR) is 91.3 cm³/mol. The molecule has 0 fully saturated rings. The van der Waals surface area contributed by atoms with Gasteiger partial charge in [-0.3, -0.25) is 4.90 Å². The van der Waals surface area contributed by atoms with Crippen molar-refractivity contribution in [1.82, 2.24) is 4.90 Å². The van der Waals surface area contributed by atoms with E-state index in [2.05, 4.69) is 100 Å². The minimum absolute atomic E-state index is 0.102. The first-order valence-corrected chi connectivity index (χ1v) is 7.79. The molecule has 1 nitrogen and oxygen atoms in total. The summed E-state index contributed by atoms with van der Waals surface area (Å²) < 4.78 is 0. The van der Waals surface area contributed by atoms with Gasteiger partial charge in [0.1, 0.15) is 0 Å². The van der Waals surface area contributed by atoms with Crippen LogP contribution in [0.2, 0.25) is 0 Å². The number of rotatable bonds is 4. The quantitative estimate of drug-likeness (QED) is 0.704. The highest BCUT2D eigenvalue weighted by Gasteiger charge is 2.31. The molecular formula is C20H27N. The highest BCUT2D eigenvalue weighted by Crippen LogP contribution is 2.36. The Labute approximate surface area is 129 Å². The summed E-state index contributed by atoms with van der Waals surface area (Å²) in [5.74, 6) is 0. The average molecular weight is 281 g/mol. The molecule has 2 unspecified atom stereocenters. The molecule has 0 bridgehead atoms. The zero-order valence-electron chi connectivity index (χ0n) is 13.9. The van der Waals surface area contributed by atoms with Gasteiger partial charge >= 0.3 is 0 Å². The fourth-order valence-corrected chi connectivity index (χ4v) is 3.28. The third kappa shape index (κ3) is 3.74. The molecule has 0 radical (unpaired) electrons. The van der Waals surface area contributed by atoms with E-state index in [9.17, 15) is 0 Å². The highest BCUT2D eigenvalue weighted by atomic mass is 15.2. The van der Waals surface area contributed by atoms with Crippen LogP contribution in [0.3, 0.4) is 0 Å². The summed E-state index contributed by atoms with van der Waals surface area (Å²) in [4.78, 5) is 2.59. The maximum absolute atomic E-state index is 2.59. The molecule has 0 saturated carbocycles. The molecular weight excluding hydrogens is 254 g/mol. The van der Waals surface area contributed by atoms with E-state index in [1.54, 1.807) is 0 Å². The normalized spacial score (nSPS) is 15.0. The van der Waals surface area contributed by atoms with Crippen molar-refractivity contribution in [2.24, 2.45) is 0 Å². The Bertz CT molecular complexity index is 494. The maximum Gasteiger partial charge on any atom is 0.0331 e. The number of nitrogens with zero attached hydrogens (tertiary/aromatic N) is 1. The monoisotopic (exact) mass is 281 g/mol. The lowest BCUT2D eigenvalue weighted by Gasteiger charge is -2.45. The molecule has 2 aromatic rings. The summed E-state index contributed by atoms with van der Waals surface area (Å²) in [5, 5.41) is 0. The molecule has 21 heavy (non-hydrogen) atoms. The first-order valence-electron chi connectivity index (χ1n) is 7.79. The van der Waals surface area contributed by atoms with Crippen LogP contribution in [0.25, 0.3) is 0 Å². The van der Waals surface area contributed by atoms with Gasteiger partial charge in [0.2, 0.25) is 0 Å². The number of benzene rings is 2. The molecule has 0 saturated heterocycles. The molecule has 0 heterocycles. The molecule has 0 aromatic heterocycles.